The molecule has 60 valence electrons. The van der Waals surface area contributed by atoms with Gasteiger partial charge in [0.1, 0.15) is 0 Å². The first-order valence-corrected chi connectivity index (χ1v) is 6.34. The van der Waals surface area contributed by atoms with Crippen molar-refractivity contribution in [2.24, 2.45) is 0 Å². The number of hydrogen-bond acceptors (Lipinski definition) is 5. The Labute approximate surface area is 71.2 Å². The maximum Gasteiger partial charge on any atom is 0.287 e. The second kappa shape index (κ2) is 2.15. The summed E-state index contributed by atoms with van der Waals surface area (Å²) in [4.78, 5) is 12.3. The molecule has 0 radical (unpaired) electrons. The van der Waals surface area contributed by atoms with E-state index in [1.807, 2.05) is 0 Å². The van der Waals surface area contributed by atoms with Crippen LogP contribution in [0.25, 0.3) is 0 Å². The molecule has 1 aliphatic rings. The molecule has 6 heteroatoms. The molecule has 0 fully saturated rings. The van der Waals surface area contributed by atoms with Crippen LogP contribution in [0.3, 0.4) is 0 Å². The van der Waals surface area contributed by atoms with E-state index < -0.39 is 9.84 Å². The van der Waals surface area contributed by atoms with Gasteiger partial charge in [-0.3, -0.25) is 4.79 Å². The van der Waals surface area contributed by atoms with Gasteiger partial charge in [-0.25, -0.2) is 8.42 Å². The number of sulfone groups is 1. The predicted molar refractivity (Wildman–Crippen MR) is 44.8 cm³/mol. The molecule has 0 aromatic carbocycles. The van der Waals surface area contributed by atoms with E-state index in [1.165, 1.54) is 0 Å². The van der Waals surface area contributed by atoms with Crippen LogP contribution in [0.1, 0.15) is 9.75 Å². The Morgan fingerprint density at radius 3 is 2.00 bits per heavy atom. The molecule has 2 heterocycles. The van der Waals surface area contributed by atoms with Gasteiger partial charge >= 0.3 is 0 Å². The minimum atomic E-state index is -2.90. The lowest BCUT2D eigenvalue weighted by Gasteiger charge is -1.84. The minimum Gasteiger partial charge on any atom is -0.265 e. The quantitative estimate of drug-likeness (QED) is 0.627. The predicted octanol–water partition coefficient (Wildman–Crippen LogP) is 0.598. The van der Waals surface area contributed by atoms with Gasteiger partial charge in [0.15, 0.2) is 9.84 Å². The fourth-order valence-electron chi connectivity index (χ4n) is 1.01. The Hall–Kier alpha value is -0.200. The fourth-order valence-corrected chi connectivity index (χ4v) is 5.78. The second-order valence-electron chi connectivity index (χ2n) is 2.33. The monoisotopic (exact) mass is 208 g/mol. The zero-order chi connectivity index (χ0) is 8.06. The summed E-state index contributed by atoms with van der Waals surface area (Å²) in [6.07, 6.45) is 0. The molecule has 0 atom stereocenters. The van der Waals surface area contributed by atoms with E-state index in [0.29, 0.717) is 0 Å². The van der Waals surface area contributed by atoms with Gasteiger partial charge in [0.05, 0.1) is 11.5 Å². The highest BCUT2D eigenvalue weighted by molar-refractivity contribution is 7.90. The summed E-state index contributed by atoms with van der Waals surface area (Å²) in [6, 6.07) is 0. The van der Waals surface area contributed by atoms with Gasteiger partial charge in [0.2, 0.25) is 0 Å². The van der Waals surface area contributed by atoms with Crippen LogP contribution >= 0.6 is 22.7 Å². The normalized spacial score (nSPS) is 20.0. The van der Waals surface area contributed by atoms with Gasteiger partial charge in [-0.15, -0.1) is 0 Å². The van der Waals surface area contributed by atoms with Gasteiger partial charge in [-0.05, 0) is 0 Å². The Balaban J connectivity index is 2.61. The third-order valence-corrected chi connectivity index (χ3v) is 5.49. The zero-order valence-corrected chi connectivity index (χ0v) is 7.81. The van der Waals surface area contributed by atoms with E-state index in [4.69, 9.17) is 0 Å². The molecule has 0 N–H and O–H groups in total. The zero-order valence-electron chi connectivity index (χ0n) is 5.36. The lowest BCUT2D eigenvalue weighted by Crippen LogP contribution is -1.96. The summed E-state index contributed by atoms with van der Waals surface area (Å²) in [5, 5.41) is 0. The Bertz CT molecular complexity index is 403. The first-order chi connectivity index (χ1) is 5.07. The molecular formula is C5H4O3S3. The summed E-state index contributed by atoms with van der Waals surface area (Å²) >= 11 is 2.13. The SMILES string of the molecule is O=c1sc2c(s1)CS(=O)(=O)C2. The van der Waals surface area contributed by atoms with E-state index in [1.54, 1.807) is 0 Å². The molecule has 0 unspecified atom stereocenters. The molecule has 1 aliphatic heterocycles. The number of fused-ring (bicyclic) bond motifs is 1. The van der Waals surface area contributed by atoms with Gasteiger partial charge in [-0.1, -0.05) is 22.7 Å². The minimum absolute atomic E-state index is 0.00454. The van der Waals surface area contributed by atoms with E-state index >= 15 is 0 Å². The van der Waals surface area contributed by atoms with E-state index in [2.05, 4.69) is 0 Å². The summed E-state index contributed by atoms with van der Waals surface area (Å²) in [6.45, 7) is 0. The van der Waals surface area contributed by atoms with Crippen molar-refractivity contribution in [1.29, 1.82) is 0 Å². The molecule has 0 saturated heterocycles. The first kappa shape index (κ1) is 7.45. The smallest absolute Gasteiger partial charge is 0.265 e. The highest BCUT2D eigenvalue weighted by Gasteiger charge is 2.27. The van der Waals surface area contributed by atoms with Crippen molar-refractivity contribution < 1.29 is 8.42 Å². The van der Waals surface area contributed by atoms with Crippen molar-refractivity contribution in [3.63, 3.8) is 0 Å². The van der Waals surface area contributed by atoms with Crippen molar-refractivity contribution in [2.45, 2.75) is 11.5 Å². The standard InChI is InChI=1S/C5H4O3S3/c6-5-9-3-1-11(7,8)2-4(3)10-5/h1-2H2. The average Bonchev–Trinajstić information content (AvgIpc) is 2.17. The Morgan fingerprint density at radius 1 is 1.09 bits per heavy atom. The van der Waals surface area contributed by atoms with Crippen LogP contribution in [0.4, 0.5) is 0 Å². The van der Waals surface area contributed by atoms with E-state index in [-0.39, 0.29) is 15.6 Å². The molecule has 1 aromatic heterocycles. The largest absolute Gasteiger partial charge is 0.287 e. The number of rotatable bonds is 0. The highest BCUT2D eigenvalue weighted by atomic mass is 32.2. The second-order valence-corrected chi connectivity index (χ2v) is 6.79. The van der Waals surface area contributed by atoms with Crippen molar-refractivity contribution >= 4 is 32.5 Å². The maximum atomic E-state index is 11.0. The van der Waals surface area contributed by atoms with Crippen LogP contribution in [-0.2, 0) is 21.3 Å². The van der Waals surface area contributed by atoms with Crippen molar-refractivity contribution in [1.82, 2.24) is 0 Å². The Kier molecular flexibility index (Phi) is 1.45. The highest BCUT2D eigenvalue weighted by Crippen LogP contribution is 2.29. The van der Waals surface area contributed by atoms with Crippen LogP contribution in [0.15, 0.2) is 4.79 Å². The molecule has 0 saturated carbocycles. The van der Waals surface area contributed by atoms with E-state index in [9.17, 15) is 13.2 Å². The van der Waals surface area contributed by atoms with Crippen molar-refractivity contribution in [3.05, 3.63) is 18.6 Å². The van der Waals surface area contributed by atoms with Crippen molar-refractivity contribution in [3.8, 4) is 0 Å². The molecule has 0 bridgehead atoms. The topological polar surface area (TPSA) is 51.2 Å². The van der Waals surface area contributed by atoms with Gasteiger partial charge in [-0.2, -0.15) is 0 Å². The van der Waals surface area contributed by atoms with Crippen LogP contribution in [0.5, 0.6) is 0 Å². The molecule has 0 amide bonds. The summed E-state index contributed by atoms with van der Waals surface area (Å²) < 4.78 is 21.9. The summed E-state index contributed by atoms with van der Waals surface area (Å²) in [5.74, 6) is 0.150. The van der Waals surface area contributed by atoms with Crippen LogP contribution in [-0.4, -0.2) is 8.42 Å². The summed E-state index contributed by atoms with van der Waals surface area (Å²) in [7, 11) is -2.90. The maximum absolute atomic E-state index is 11.0. The summed E-state index contributed by atoms with van der Waals surface area (Å²) in [5.41, 5.74) is 0. The molecule has 1 aromatic rings. The lowest BCUT2D eigenvalue weighted by molar-refractivity contribution is 0.598. The van der Waals surface area contributed by atoms with Gasteiger partial charge in [0, 0.05) is 9.75 Å². The van der Waals surface area contributed by atoms with Crippen LogP contribution in [0.2, 0.25) is 0 Å². The molecule has 11 heavy (non-hydrogen) atoms. The number of hydrogen-bond donors (Lipinski definition) is 0. The molecular weight excluding hydrogens is 204 g/mol. The van der Waals surface area contributed by atoms with Crippen molar-refractivity contribution in [2.75, 3.05) is 0 Å². The lowest BCUT2D eigenvalue weighted by atomic mass is 10.5. The van der Waals surface area contributed by atoms with Gasteiger partial charge < -0.3 is 0 Å². The fraction of sp³-hybridized carbons (Fsp3) is 0.400. The average molecular weight is 208 g/mol. The third-order valence-electron chi connectivity index (χ3n) is 1.43. The third kappa shape index (κ3) is 1.25. The Morgan fingerprint density at radius 2 is 1.55 bits per heavy atom. The molecule has 2 rings (SSSR count). The molecule has 3 nitrogen and oxygen atoms in total. The van der Waals surface area contributed by atoms with Crippen LogP contribution < -0.4 is 4.06 Å². The van der Waals surface area contributed by atoms with E-state index in [0.717, 1.165) is 32.4 Å². The van der Waals surface area contributed by atoms with Gasteiger partial charge in [0.25, 0.3) is 4.06 Å². The molecule has 0 spiro atoms. The first-order valence-electron chi connectivity index (χ1n) is 2.89. The van der Waals surface area contributed by atoms with Crippen LogP contribution in [0, 0.1) is 0 Å². The molecule has 0 aliphatic carbocycles.